The molecule has 0 bridgehead atoms. The number of hydrogen-bond acceptors (Lipinski definition) is 4. The number of nitrogens with zero attached hydrogens (tertiary/aromatic N) is 2. The van der Waals surface area contributed by atoms with Gasteiger partial charge in [-0.05, 0) is 45.8 Å². The molecule has 3 atom stereocenters. The molecule has 2 aliphatic heterocycles. The normalized spacial score (nSPS) is 30.9. The lowest BCUT2D eigenvalue weighted by molar-refractivity contribution is -0.143. The van der Waals surface area contributed by atoms with Crippen molar-refractivity contribution in [2.75, 3.05) is 39.9 Å². The first-order valence-corrected chi connectivity index (χ1v) is 8.38. The second-order valence-electron chi connectivity index (χ2n) is 6.50. The fourth-order valence-corrected chi connectivity index (χ4v) is 3.69. The van der Waals surface area contributed by atoms with Gasteiger partial charge in [-0.2, -0.15) is 0 Å². The predicted octanol–water partition coefficient (Wildman–Crippen LogP) is 1.67. The van der Waals surface area contributed by atoms with Crippen LogP contribution in [0.2, 0.25) is 0 Å². The average molecular weight is 298 g/mol. The number of rotatable bonds is 7. The minimum atomic E-state index is -0.714. The maximum atomic E-state index is 11.4. The quantitative estimate of drug-likeness (QED) is 0.775. The lowest BCUT2D eigenvalue weighted by atomic mass is 9.98. The molecule has 2 saturated heterocycles. The number of carbonyl (C=O) groups is 1. The number of hydrogen-bond donors (Lipinski definition) is 1. The number of carboxylic acids is 1. The van der Waals surface area contributed by atoms with E-state index in [1.807, 2.05) is 0 Å². The molecule has 0 amide bonds. The third-order valence-electron chi connectivity index (χ3n) is 5.02. The van der Waals surface area contributed by atoms with Gasteiger partial charge in [0.1, 0.15) is 0 Å². The molecule has 21 heavy (non-hydrogen) atoms. The Hall–Kier alpha value is -0.650. The standard InChI is InChI=1S/C16H30N2O3/c1-3-8-18(15-12-21-11-14(15)16(19)20)10-7-13-6-4-5-9-17(13)2/h13-15H,3-12H2,1-2H3,(H,19,20). The summed E-state index contributed by atoms with van der Waals surface area (Å²) in [6.45, 7) is 6.24. The molecule has 1 N–H and O–H groups in total. The minimum absolute atomic E-state index is 0.0522. The summed E-state index contributed by atoms with van der Waals surface area (Å²) in [7, 11) is 2.22. The van der Waals surface area contributed by atoms with E-state index < -0.39 is 5.97 Å². The zero-order valence-corrected chi connectivity index (χ0v) is 13.5. The van der Waals surface area contributed by atoms with Gasteiger partial charge in [0.05, 0.1) is 19.1 Å². The van der Waals surface area contributed by atoms with Crippen LogP contribution in [0.25, 0.3) is 0 Å². The van der Waals surface area contributed by atoms with Crippen molar-refractivity contribution in [3.05, 3.63) is 0 Å². The van der Waals surface area contributed by atoms with Gasteiger partial charge in [-0.25, -0.2) is 0 Å². The molecule has 122 valence electrons. The molecule has 5 nitrogen and oxygen atoms in total. The van der Waals surface area contributed by atoms with Crippen molar-refractivity contribution in [2.24, 2.45) is 5.92 Å². The minimum Gasteiger partial charge on any atom is -0.481 e. The van der Waals surface area contributed by atoms with E-state index in [1.54, 1.807) is 0 Å². The first-order chi connectivity index (χ1) is 10.1. The number of carboxylic acid groups (broad SMARTS) is 1. The maximum Gasteiger partial charge on any atom is 0.310 e. The summed E-state index contributed by atoms with van der Waals surface area (Å²) in [6.07, 6.45) is 6.11. The van der Waals surface area contributed by atoms with Crippen molar-refractivity contribution in [2.45, 2.75) is 51.1 Å². The largest absolute Gasteiger partial charge is 0.481 e. The van der Waals surface area contributed by atoms with Crippen LogP contribution in [0.1, 0.15) is 39.0 Å². The molecule has 0 aromatic heterocycles. The first kappa shape index (κ1) is 16.7. The monoisotopic (exact) mass is 298 g/mol. The van der Waals surface area contributed by atoms with Gasteiger partial charge in [-0.3, -0.25) is 9.69 Å². The Kier molecular flexibility index (Phi) is 6.45. The van der Waals surface area contributed by atoms with Crippen molar-refractivity contribution < 1.29 is 14.6 Å². The molecular formula is C16H30N2O3. The van der Waals surface area contributed by atoms with Crippen LogP contribution in [0.3, 0.4) is 0 Å². The Labute approximate surface area is 128 Å². The zero-order valence-electron chi connectivity index (χ0n) is 13.5. The fourth-order valence-electron chi connectivity index (χ4n) is 3.69. The van der Waals surface area contributed by atoms with Gasteiger partial charge in [-0.1, -0.05) is 13.3 Å². The predicted molar refractivity (Wildman–Crippen MR) is 82.5 cm³/mol. The Morgan fingerprint density at radius 2 is 2.14 bits per heavy atom. The van der Waals surface area contributed by atoms with Crippen molar-refractivity contribution >= 4 is 5.97 Å². The van der Waals surface area contributed by atoms with Crippen LogP contribution < -0.4 is 0 Å². The van der Waals surface area contributed by atoms with E-state index in [0.717, 1.165) is 25.9 Å². The van der Waals surface area contributed by atoms with Crippen molar-refractivity contribution in [3.63, 3.8) is 0 Å². The zero-order chi connectivity index (χ0) is 15.2. The van der Waals surface area contributed by atoms with E-state index in [4.69, 9.17) is 4.74 Å². The highest BCUT2D eigenvalue weighted by molar-refractivity contribution is 5.71. The molecule has 0 spiro atoms. The lowest BCUT2D eigenvalue weighted by Gasteiger charge is -2.36. The van der Waals surface area contributed by atoms with Gasteiger partial charge in [-0.15, -0.1) is 0 Å². The third kappa shape index (κ3) is 4.41. The van der Waals surface area contributed by atoms with Crippen LogP contribution >= 0.6 is 0 Å². The summed E-state index contributed by atoms with van der Waals surface area (Å²) in [4.78, 5) is 16.2. The Balaban J connectivity index is 1.90. The summed E-state index contributed by atoms with van der Waals surface area (Å²) < 4.78 is 5.44. The van der Waals surface area contributed by atoms with Gasteiger partial charge in [0.15, 0.2) is 0 Å². The molecular weight excluding hydrogens is 268 g/mol. The number of aliphatic carboxylic acids is 1. The summed E-state index contributed by atoms with van der Waals surface area (Å²) in [5.74, 6) is -1.07. The van der Waals surface area contributed by atoms with E-state index in [0.29, 0.717) is 19.3 Å². The molecule has 2 rings (SSSR count). The smallest absolute Gasteiger partial charge is 0.310 e. The van der Waals surface area contributed by atoms with E-state index in [9.17, 15) is 9.90 Å². The van der Waals surface area contributed by atoms with E-state index in [2.05, 4.69) is 23.8 Å². The fraction of sp³-hybridized carbons (Fsp3) is 0.938. The molecule has 3 unspecified atom stereocenters. The van der Waals surface area contributed by atoms with Crippen molar-refractivity contribution in [1.29, 1.82) is 0 Å². The highest BCUT2D eigenvalue weighted by atomic mass is 16.5. The van der Waals surface area contributed by atoms with Gasteiger partial charge in [0.2, 0.25) is 0 Å². The summed E-state index contributed by atoms with van der Waals surface area (Å²) in [5.41, 5.74) is 0. The van der Waals surface area contributed by atoms with Crippen LogP contribution in [-0.4, -0.2) is 72.9 Å². The average Bonchev–Trinajstić information content (AvgIpc) is 2.94. The number of piperidine rings is 1. The molecule has 2 heterocycles. The molecule has 5 heteroatoms. The number of likely N-dealkylation sites (tertiary alicyclic amines) is 1. The van der Waals surface area contributed by atoms with Gasteiger partial charge < -0.3 is 14.7 Å². The topological polar surface area (TPSA) is 53.0 Å². The summed E-state index contributed by atoms with van der Waals surface area (Å²) in [6, 6.07) is 0.708. The van der Waals surface area contributed by atoms with Crippen LogP contribution in [-0.2, 0) is 9.53 Å². The van der Waals surface area contributed by atoms with Crippen molar-refractivity contribution in [1.82, 2.24) is 9.80 Å². The Morgan fingerprint density at radius 1 is 1.33 bits per heavy atom. The van der Waals surface area contributed by atoms with Crippen molar-refractivity contribution in [3.8, 4) is 0 Å². The van der Waals surface area contributed by atoms with Crippen LogP contribution in [0, 0.1) is 5.92 Å². The maximum absolute atomic E-state index is 11.4. The van der Waals surface area contributed by atoms with Gasteiger partial charge in [0.25, 0.3) is 0 Å². The molecule has 2 aliphatic rings. The van der Waals surface area contributed by atoms with E-state index >= 15 is 0 Å². The summed E-state index contributed by atoms with van der Waals surface area (Å²) in [5, 5.41) is 9.34. The summed E-state index contributed by atoms with van der Waals surface area (Å²) >= 11 is 0. The van der Waals surface area contributed by atoms with Crippen LogP contribution in [0.15, 0.2) is 0 Å². The highest BCUT2D eigenvalue weighted by Crippen LogP contribution is 2.23. The molecule has 0 radical (unpaired) electrons. The van der Waals surface area contributed by atoms with E-state index in [-0.39, 0.29) is 12.0 Å². The first-order valence-electron chi connectivity index (χ1n) is 8.38. The molecule has 0 aromatic carbocycles. The second kappa shape index (κ2) is 8.11. The third-order valence-corrected chi connectivity index (χ3v) is 5.02. The van der Waals surface area contributed by atoms with Crippen LogP contribution in [0.4, 0.5) is 0 Å². The molecule has 2 fully saturated rings. The van der Waals surface area contributed by atoms with Gasteiger partial charge >= 0.3 is 5.97 Å². The van der Waals surface area contributed by atoms with Crippen LogP contribution in [0.5, 0.6) is 0 Å². The second-order valence-corrected chi connectivity index (χ2v) is 6.50. The molecule has 0 aromatic rings. The lowest BCUT2D eigenvalue weighted by Crippen LogP contribution is -2.46. The van der Waals surface area contributed by atoms with E-state index in [1.165, 1.54) is 25.8 Å². The highest BCUT2D eigenvalue weighted by Gasteiger charge is 2.37. The number of ether oxygens (including phenoxy) is 1. The molecule has 0 saturated carbocycles. The Bertz CT molecular complexity index is 337. The Morgan fingerprint density at radius 3 is 2.81 bits per heavy atom. The SMILES string of the molecule is CCCN(CCC1CCCCN1C)C1COCC1C(=O)O. The molecule has 0 aliphatic carbocycles. The van der Waals surface area contributed by atoms with Gasteiger partial charge in [0, 0.05) is 18.6 Å².